The quantitative estimate of drug-likeness (QED) is 0.909. The zero-order valence-electron chi connectivity index (χ0n) is 13.8. The van der Waals surface area contributed by atoms with Crippen molar-refractivity contribution in [2.45, 2.75) is 26.4 Å². The fourth-order valence-electron chi connectivity index (χ4n) is 2.60. The zero-order valence-corrected chi connectivity index (χ0v) is 13.8. The second-order valence-corrected chi connectivity index (χ2v) is 5.59. The van der Waals surface area contributed by atoms with Crippen molar-refractivity contribution in [3.05, 3.63) is 35.9 Å². The Morgan fingerprint density at radius 1 is 1.46 bits per heavy atom. The van der Waals surface area contributed by atoms with Crippen LogP contribution >= 0.6 is 0 Å². The van der Waals surface area contributed by atoms with Crippen molar-refractivity contribution < 1.29 is 14.3 Å². The average Bonchev–Trinajstić information content (AvgIpc) is 3.06. The Hall–Kier alpha value is -2.90. The first-order valence-electron chi connectivity index (χ1n) is 7.73. The molecule has 1 unspecified atom stereocenters. The number of benzene rings is 1. The van der Waals surface area contributed by atoms with Gasteiger partial charge in [0.15, 0.2) is 12.4 Å². The van der Waals surface area contributed by atoms with E-state index >= 15 is 0 Å². The normalized spacial score (nSPS) is 14.8. The summed E-state index contributed by atoms with van der Waals surface area (Å²) in [6.45, 7) is 4.58. The Kier molecular flexibility index (Phi) is 4.20. The van der Waals surface area contributed by atoms with Gasteiger partial charge in [-0.05, 0) is 32.0 Å². The van der Waals surface area contributed by atoms with E-state index in [1.54, 1.807) is 31.6 Å². The van der Waals surface area contributed by atoms with Gasteiger partial charge in [-0.3, -0.25) is 9.59 Å². The van der Waals surface area contributed by atoms with Crippen molar-refractivity contribution in [1.29, 1.82) is 0 Å². The molecule has 1 aromatic heterocycles. The van der Waals surface area contributed by atoms with Gasteiger partial charge in [-0.2, -0.15) is 0 Å². The molecule has 8 nitrogen and oxygen atoms in total. The van der Waals surface area contributed by atoms with Gasteiger partial charge in [-0.25, -0.2) is 0 Å². The van der Waals surface area contributed by atoms with Gasteiger partial charge in [0, 0.05) is 19.2 Å². The predicted octanol–water partition coefficient (Wildman–Crippen LogP) is 1.14. The van der Waals surface area contributed by atoms with Crippen LogP contribution in [0.4, 0.5) is 5.69 Å². The molecule has 1 atom stereocenters. The van der Waals surface area contributed by atoms with E-state index in [1.807, 2.05) is 18.4 Å². The van der Waals surface area contributed by atoms with E-state index in [1.165, 1.54) is 4.90 Å². The third kappa shape index (κ3) is 2.82. The molecule has 24 heavy (non-hydrogen) atoms. The standard InChI is InChI=1S/C16H19N5O3/c1-4-21-9-17-19-15(21)10(2)18-16(23)11-5-6-13-12(7-11)20(3)14(22)8-24-13/h5-7,9-10H,4,8H2,1-3H3,(H,18,23). The summed E-state index contributed by atoms with van der Waals surface area (Å²) in [4.78, 5) is 25.7. The summed E-state index contributed by atoms with van der Waals surface area (Å²) >= 11 is 0. The van der Waals surface area contributed by atoms with E-state index in [-0.39, 0.29) is 24.5 Å². The maximum Gasteiger partial charge on any atom is 0.264 e. The van der Waals surface area contributed by atoms with Gasteiger partial charge in [-0.15, -0.1) is 10.2 Å². The van der Waals surface area contributed by atoms with Crippen LogP contribution in [0.25, 0.3) is 0 Å². The van der Waals surface area contributed by atoms with Crippen LogP contribution in [-0.4, -0.2) is 40.2 Å². The summed E-state index contributed by atoms with van der Waals surface area (Å²) in [5.41, 5.74) is 1.04. The fraction of sp³-hybridized carbons (Fsp3) is 0.375. The highest BCUT2D eigenvalue weighted by Gasteiger charge is 2.24. The Labute approximate surface area is 139 Å². The number of hydrogen-bond donors (Lipinski definition) is 1. The number of hydrogen-bond acceptors (Lipinski definition) is 5. The molecular formula is C16H19N5O3. The SMILES string of the molecule is CCn1cnnc1C(C)NC(=O)c1ccc2c(c1)N(C)C(=O)CO2. The molecule has 0 saturated carbocycles. The highest BCUT2D eigenvalue weighted by molar-refractivity contribution is 6.01. The largest absolute Gasteiger partial charge is 0.482 e. The Bertz CT molecular complexity index is 786. The van der Waals surface area contributed by atoms with Crippen LogP contribution in [0.15, 0.2) is 24.5 Å². The summed E-state index contributed by atoms with van der Waals surface area (Å²) in [5, 5.41) is 10.8. The first-order chi connectivity index (χ1) is 11.5. The molecule has 0 saturated heterocycles. The van der Waals surface area contributed by atoms with Gasteiger partial charge in [-0.1, -0.05) is 0 Å². The number of carbonyl (C=O) groups excluding carboxylic acids is 2. The molecule has 0 bridgehead atoms. The molecule has 1 aromatic carbocycles. The molecule has 8 heteroatoms. The van der Waals surface area contributed by atoms with Gasteiger partial charge in [0.25, 0.3) is 11.8 Å². The number of fused-ring (bicyclic) bond motifs is 1. The number of ether oxygens (including phenoxy) is 1. The minimum atomic E-state index is -0.286. The number of amides is 2. The molecule has 0 spiro atoms. The molecule has 2 amide bonds. The number of anilines is 1. The maximum absolute atomic E-state index is 12.5. The Morgan fingerprint density at radius 2 is 2.25 bits per heavy atom. The second kappa shape index (κ2) is 6.31. The molecule has 1 N–H and O–H groups in total. The molecule has 2 heterocycles. The Balaban J connectivity index is 1.80. The number of aromatic nitrogens is 3. The number of rotatable bonds is 4. The lowest BCUT2D eigenvalue weighted by Crippen LogP contribution is -2.36. The Morgan fingerprint density at radius 3 is 3.00 bits per heavy atom. The van der Waals surface area contributed by atoms with Crippen LogP contribution in [0, 0.1) is 0 Å². The molecule has 0 radical (unpaired) electrons. The smallest absolute Gasteiger partial charge is 0.264 e. The average molecular weight is 329 g/mol. The van der Waals surface area contributed by atoms with E-state index in [0.717, 1.165) is 6.54 Å². The third-order valence-electron chi connectivity index (χ3n) is 4.03. The minimum absolute atomic E-state index is 0.0127. The van der Waals surface area contributed by atoms with Gasteiger partial charge in [0.05, 0.1) is 11.7 Å². The van der Waals surface area contributed by atoms with Crippen molar-refractivity contribution in [3.63, 3.8) is 0 Å². The molecule has 2 aromatic rings. The van der Waals surface area contributed by atoms with Crippen molar-refractivity contribution in [3.8, 4) is 5.75 Å². The summed E-state index contributed by atoms with van der Waals surface area (Å²) in [7, 11) is 1.66. The predicted molar refractivity (Wildman–Crippen MR) is 86.9 cm³/mol. The van der Waals surface area contributed by atoms with Crippen LogP contribution < -0.4 is 15.0 Å². The van der Waals surface area contributed by atoms with E-state index in [4.69, 9.17) is 4.74 Å². The lowest BCUT2D eigenvalue weighted by molar-refractivity contribution is -0.120. The van der Waals surface area contributed by atoms with Crippen molar-refractivity contribution >= 4 is 17.5 Å². The lowest BCUT2D eigenvalue weighted by Gasteiger charge is -2.26. The van der Waals surface area contributed by atoms with E-state index in [9.17, 15) is 9.59 Å². The molecule has 1 aliphatic rings. The van der Waals surface area contributed by atoms with Crippen molar-refractivity contribution in [2.75, 3.05) is 18.6 Å². The monoisotopic (exact) mass is 329 g/mol. The van der Waals surface area contributed by atoms with E-state index < -0.39 is 0 Å². The molecule has 0 aliphatic carbocycles. The van der Waals surface area contributed by atoms with E-state index in [2.05, 4.69) is 15.5 Å². The number of likely N-dealkylation sites (N-methyl/N-ethyl adjacent to an activating group) is 1. The molecule has 3 rings (SSSR count). The third-order valence-corrected chi connectivity index (χ3v) is 4.03. The number of nitrogens with one attached hydrogen (secondary N) is 1. The highest BCUT2D eigenvalue weighted by atomic mass is 16.5. The number of carbonyl (C=O) groups is 2. The summed E-state index contributed by atoms with van der Waals surface area (Å²) in [6.07, 6.45) is 1.63. The van der Waals surface area contributed by atoms with Crippen molar-refractivity contribution in [2.24, 2.45) is 0 Å². The van der Waals surface area contributed by atoms with E-state index in [0.29, 0.717) is 22.8 Å². The van der Waals surface area contributed by atoms with Gasteiger partial charge in [0.2, 0.25) is 0 Å². The summed E-state index contributed by atoms with van der Waals surface area (Å²) in [5.74, 6) is 0.888. The van der Waals surface area contributed by atoms with Crippen LogP contribution in [0.5, 0.6) is 5.75 Å². The van der Waals surface area contributed by atoms with Gasteiger partial charge < -0.3 is 19.5 Å². The second-order valence-electron chi connectivity index (χ2n) is 5.59. The molecule has 126 valence electrons. The van der Waals surface area contributed by atoms with Crippen LogP contribution in [0.1, 0.15) is 36.1 Å². The summed E-state index contributed by atoms with van der Waals surface area (Å²) < 4.78 is 7.24. The summed E-state index contributed by atoms with van der Waals surface area (Å²) in [6, 6.07) is 4.74. The van der Waals surface area contributed by atoms with Crippen LogP contribution in [0.2, 0.25) is 0 Å². The van der Waals surface area contributed by atoms with Gasteiger partial charge in [0.1, 0.15) is 12.1 Å². The first kappa shape index (κ1) is 16.0. The van der Waals surface area contributed by atoms with Crippen molar-refractivity contribution in [1.82, 2.24) is 20.1 Å². The number of nitrogens with zero attached hydrogens (tertiary/aromatic N) is 4. The minimum Gasteiger partial charge on any atom is -0.482 e. The molecular weight excluding hydrogens is 310 g/mol. The van der Waals surface area contributed by atoms with Crippen LogP contribution in [-0.2, 0) is 11.3 Å². The highest BCUT2D eigenvalue weighted by Crippen LogP contribution is 2.32. The maximum atomic E-state index is 12.5. The fourth-order valence-corrected chi connectivity index (χ4v) is 2.60. The first-order valence-corrected chi connectivity index (χ1v) is 7.73. The zero-order chi connectivity index (χ0) is 17.3. The topological polar surface area (TPSA) is 89.4 Å². The van der Waals surface area contributed by atoms with Crippen LogP contribution in [0.3, 0.4) is 0 Å². The molecule has 0 fully saturated rings. The van der Waals surface area contributed by atoms with Gasteiger partial charge >= 0.3 is 0 Å². The molecule has 1 aliphatic heterocycles. The lowest BCUT2D eigenvalue weighted by atomic mass is 10.1. The number of aryl methyl sites for hydroxylation is 1.